The second-order valence-corrected chi connectivity index (χ2v) is 2.26. The molecule has 0 spiro atoms. The van der Waals surface area contributed by atoms with E-state index in [2.05, 4.69) is 29.9 Å². The third-order valence-electron chi connectivity index (χ3n) is 0.333. The first kappa shape index (κ1) is 5.52. The van der Waals surface area contributed by atoms with Crippen LogP contribution in [0.2, 0.25) is 5.32 Å². The van der Waals surface area contributed by atoms with E-state index in [1.807, 2.05) is 0 Å². The van der Waals surface area contributed by atoms with Crippen LogP contribution in [0.4, 0.5) is 0 Å². The molecule has 0 saturated heterocycles. The molecular weight excluding hydrogens is 127 g/mol. The van der Waals surface area contributed by atoms with E-state index in [0.717, 1.165) is 5.92 Å². The van der Waals surface area contributed by atoms with Gasteiger partial charge < -0.3 is 0 Å². The second kappa shape index (κ2) is 2.74. The molecule has 0 saturated carbocycles. The summed E-state index contributed by atoms with van der Waals surface area (Å²) in [5.41, 5.74) is 0. The summed E-state index contributed by atoms with van der Waals surface area (Å²) in [6.07, 6.45) is 0. The first-order valence-electron chi connectivity index (χ1n) is 1.85. The van der Waals surface area contributed by atoms with Gasteiger partial charge in [-0.15, -0.1) is 0 Å². The Labute approximate surface area is 41.8 Å². The molecule has 0 aliphatic heterocycles. The Hall–Kier alpha value is 0.519. The summed E-state index contributed by atoms with van der Waals surface area (Å²) >= 11 is 2.94. The molecule has 0 aliphatic rings. The van der Waals surface area contributed by atoms with Crippen LogP contribution in [-0.2, 0) is 0 Å². The zero-order chi connectivity index (χ0) is 4.28. The molecular formula is C4H9Se. The van der Waals surface area contributed by atoms with Crippen LogP contribution in [-0.4, -0.2) is 16.0 Å². The summed E-state index contributed by atoms with van der Waals surface area (Å²) in [7, 11) is 0. The normalized spacial score (nSPS) is 9.60. The molecule has 5 heavy (non-hydrogen) atoms. The molecule has 0 N–H and O–H groups in total. The van der Waals surface area contributed by atoms with Crippen LogP contribution in [0.5, 0.6) is 0 Å². The molecule has 0 heterocycles. The van der Waals surface area contributed by atoms with Crippen LogP contribution in [0.25, 0.3) is 0 Å². The summed E-state index contributed by atoms with van der Waals surface area (Å²) in [6.45, 7) is 4.38. The van der Waals surface area contributed by atoms with Gasteiger partial charge in [-0.05, 0) is 0 Å². The van der Waals surface area contributed by atoms with Crippen LogP contribution in [0.1, 0.15) is 13.8 Å². The average molecular weight is 136 g/mol. The second-order valence-electron chi connectivity index (χ2n) is 1.56. The molecule has 0 unspecified atom stereocenters. The summed E-state index contributed by atoms with van der Waals surface area (Å²) in [5.74, 6) is 0.829. The quantitative estimate of drug-likeness (QED) is 0.475. The molecule has 0 bridgehead atoms. The monoisotopic (exact) mass is 137 g/mol. The van der Waals surface area contributed by atoms with Gasteiger partial charge in [0.2, 0.25) is 0 Å². The molecule has 0 aromatic heterocycles. The van der Waals surface area contributed by atoms with Crippen LogP contribution >= 0.6 is 0 Å². The van der Waals surface area contributed by atoms with Crippen LogP contribution in [0.3, 0.4) is 0 Å². The van der Waals surface area contributed by atoms with E-state index in [-0.39, 0.29) is 0 Å². The van der Waals surface area contributed by atoms with E-state index >= 15 is 0 Å². The first-order valence-corrected chi connectivity index (χ1v) is 3.06. The molecule has 0 aliphatic carbocycles. The Morgan fingerprint density at radius 2 is 1.80 bits per heavy atom. The summed E-state index contributed by atoms with van der Waals surface area (Å²) in [5, 5.41) is 1.18. The molecule has 0 fully saturated rings. The van der Waals surface area contributed by atoms with E-state index in [4.69, 9.17) is 0 Å². The zero-order valence-corrected chi connectivity index (χ0v) is 5.41. The number of hydrogen-bond donors (Lipinski definition) is 0. The average Bonchev–Trinajstić information content (AvgIpc) is 1.38. The van der Waals surface area contributed by atoms with Crippen LogP contribution < -0.4 is 0 Å². The Kier molecular flexibility index (Phi) is 3.03. The molecule has 1 radical (unpaired) electrons. The van der Waals surface area contributed by atoms with Crippen molar-refractivity contribution in [3.63, 3.8) is 0 Å². The van der Waals surface area contributed by atoms with Crippen molar-refractivity contribution in [2.24, 2.45) is 5.92 Å². The molecule has 0 aromatic carbocycles. The Morgan fingerprint density at radius 1 is 1.60 bits per heavy atom. The Balaban J connectivity index is 2.54. The predicted molar refractivity (Wildman–Crippen MR) is 25.4 cm³/mol. The fraction of sp³-hybridized carbons (Fsp3) is 1.00. The number of hydrogen-bond acceptors (Lipinski definition) is 0. The van der Waals surface area contributed by atoms with Crippen LogP contribution in [0.15, 0.2) is 0 Å². The topological polar surface area (TPSA) is 0 Å². The molecule has 0 amide bonds. The standard InChI is InChI=1S/C4H9Se/c1-4(2)3-5/h4H,3H2,1-2H3. The molecule has 0 atom stereocenters. The van der Waals surface area contributed by atoms with Crippen molar-refractivity contribution in [1.82, 2.24) is 0 Å². The first-order chi connectivity index (χ1) is 2.27. The molecule has 1 heteroatoms. The van der Waals surface area contributed by atoms with Crippen molar-refractivity contribution in [3.8, 4) is 0 Å². The van der Waals surface area contributed by atoms with Crippen molar-refractivity contribution in [1.29, 1.82) is 0 Å². The zero-order valence-electron chi connectivity index (χ0n) is 3.69. The minimum atomic E-state index is 0.829. The third-order valence-corrected chi connectivity index (χ3v) is 1.73. The predicted octanol–water partition coefficient (Wildman–Crippen LogP) is 1.23. The maximum atomic E-state index is 2.94. The van der Waals surface area contributed by atoms with Gasteiger partial charge in [-0.25, -0.2) is 0 Å². The Morgan fingerprint density at radius 3 is 1.80 bits per heavy atom. The minimum absolute atomic E-state index is 0.829. The van der Waals surface area contributed by atoms with Gasteiger partial charge in [0.05, 0.1) is 0 Å². The third kappa shape index (κ3) is 4.52. The van der Waals surface area contributed by atoms with Gasteiger partial charge in [0.25, 0.3) is 0 Å². The van der Waals surface area contributed by atoms with Crippen LogP contribution in [0, 0.1) is 5.92 Å². The van der Waals surface area contributed by atoms with E-state index in [1.165, 1.54) is 5.32 Å². The number of rotatable bonds is 1. The molecule has 0 rings (SSSR count). The van der Waals surface area contributed by atoms with E-state index in [1.54, 1.807) is 0 Å². The Bertz CT molecular complexity index is 17.6. The van der Waals surface area contributed by atoms with E-state index < -0.39 is 0 Å². The van der Waals surface area contributed by atoms with Gasteiger partial charge in [0.1, 0.15) is 0 Å². The van der Waals surface area contributed by atoms with E-state index in [0.29, 0.717) is 0 Å². The van der Waals surface area contributed by atoms with Gasteiger partial charge in [-0.2, -0.15) is 0 Å². The summed E-state index contributed by atoms with van der Waals surface area (Å²) in [6, 6.07) is 0. The SMILES string of the molecule is CC(C)C[Se]. The van der Waals surface area contributed by atoms with Gasteiger partial charge >= 0.3 is 41.1 Å². The molecule has 31 valence electrons. The van der Waals surface area contributed by atoms with Crippen molar-refractivity contribution in [3.05, 3.63) is 0 Å². The molecule has 0 aromatic rings. The van der Waals surface area contributed by atoms with Gasteiger partial charge in [-0.1, -0.05) is 0 Å². The summed E-state index contributed by atoms with van der Waals surface area (Å²) < 4.78 is 0. The van der Waals surface area contributed by atoms with E-state index in [9.17, 15) is 0 Å². The fourth-order valence-electron chi connectivity index (χ4n) is 0. The fourth-order valence-corrected chi connectivity index (χ4v) is 0. The van der Waals surface area contributed by atoms with Gasteiger partial charge in [0, 0.05) is 0 Å². The molecule has 0 nitrogen and oxygen atoms in total. The summed E-state index contributed by atoms with van der Waals surface area (Å²) in [4.78, 5) is 0. The van der Waals surface area contributed by atoms with Crippen molar-refractivity contribution >= 4 is 16.0 Å². The van der Waals surface area contributed by atoms with Crippen molar-refractivity contribution in [2.45, 2.75) is 19.2 Å². The maximum absolute atomic E-state index is 2.94. The van der Waals surface area contributed by atoms with Crippen molar-refractivity contribution in [2.75, 3.05) is 0 Å². The van der Waals surface area contributed by atoms with Gasteiger partial charge in [-0.3, -0.25) is 0 Å². The van der Waals surface area contributed by atoms with Gasteiger partial charge in [0.15, 0.2) is 0 Å². The van der Waals surface area contributed by atoms with Crippen molar-refractivity contribution < 1.29 is 0 Å².